The second kappa shape index (κ2) is 8.68. The molecule has 3 nitrogen and oxygen atoms in total. The van der Waals surface area contributed by atoms with Gasteiger partial charge in [-0.15, -0.1) is 0 Å². The SMILES string of the molecule is CCCCOCCNCC(C)=O. The molecule has 0 amide bonds. The van der Waals surface area contributed by atoms with Gasteiger partial charge >= 0.3 is 0 Å². The van der Waals surface area contributed by atoms with Crippen molar-refractivity contribution in [3.05, 3.63) is 0 Å². The Balaban J connectivity index is 2.86. The number of nitrogens with one attached hydrogen (secondary N) is 1. The number of ketones is 1. The average Bonchev–Trinajstić information content (AvgIpc) is 2.02. The van der Waals surface area contributed by atoms with Gasteiger partial charge in [0.05, 0.1) is 13.2 Å². The predicted molar refractivity (Wildman–Crippen MR) is 49.3 cm³/mol. The summed E-state index contributed by atoms with van der Waals surface area (Å²) in [7, 11) is 0. The Kier molecular flexibility index (Phi) is 8.39. The molecule has 0 aliphatic heterocycles. The molecule has 0 saturated carbocycles. The Morgan fingerprint density at radius 1 is 1.42 bits per heavy atom. The number of unbranched alkanes of at least 4 members (excludes halogenated alkanes) is 1. The van der Waals surface area contributed by atoms with Crippen LogP contribution in [0, 0.1) is 0 Å². The molecule has 0 aromatic rings. The summed E-state index contributed by atoms with van der Waals surface area (Å²) < 4.78 is 5.28. The van der Waals surface area contributed by atoms with Crippen molar-refractivity contribution in [2.45, 2.75) is 26.7 Å². The van der Waals surface area contributed by atoms with Gasteiger partial charge in [-0.25, -0.2) is 0 Å². The van der Waals surface area contributed by atoms with E-state index >= 15 is 0 Å². The highest BCUT2D eigenvalue weighted by Gasteiger charge is 1.91. The highest BCUT2D eigenvalue weighted by molar-refractivity contribution is 5.77. The summed E-state index contributed by atoms with van der Waals surface area (Å²) in [5.74, 6) is 0.170. The van der Waals surface area contributed by atoms with Gasteiger partial charge in [0, 0.05) is 13.2 Å². The van der Waals surface area contributed by atoms with Crippen LogP contribution in [0.15, 0.2) is 0 Å². The topological polar surface area (TPSA) is 38.3 Å². The van der Waals surface area contributed by atoms with Gasteiger partial charge in [0.2, 0.25) is 0 Å². The van der Waals surface area contributed by atoms with Crippen LogP contribution in [0.3, 0.4) is 0 Å². The molecule has 12 heavy (non-hydrogen) atoms. The summed E-state index contributed by atoms with van der Waals surface area (Å²) in [5, 5.41) is 2.99. The zero-order valence-corrected chi connectivity index (χ0v) is 8.06. The van der Waals surface area contributed by atoms with Crippen molar-refractivity contribution >= 4 is 5.78 Å². The van der Waals surface area contributed by atoms with E-state index in [0.29, 0.717) is 13.2 Å². The van der Waals surface area contributed by atoms with E-state index in [1.807, 2.05) is 0 Å². The molecular weight excluding hydrogens is 154 g/mol. The van der Waals surface area contributed by atoms with E-state index in [9.17, 15) is 4.79 Å². The second-order valence-electron chi connectivity index (χ2n) is 2.84. The summed E-state index contributed by atoms with van der Waals surface area (Å²) in [5.41, 5.74) is 0. The van der Waals surface area contributed by atoms with Gasteiger partial charge in [-0.1, -0.05) is 13.3 Å². The van der Waals surface area contributed by atoms with E-state index in [4.69, 9.17) is 4.74 Å². The number of Topliss-reactive ketones (excluding diaryl/α,β-unsaturated/α-hetero) is 1. The molecule has 0 rings (SSSR count). The monoisotopic (exact) mass is 173 g/mol. The molecule has 0 unspecified atom stereocenters. The summed E-state index contributed by atoms with van der Waals surface area (Å²) in [6, 6.07) is 0. The van der Waals surface area contributed by atoms with Crippen LogP contribution in [0.4, 0.5) is 0 Å². The van der Waals surface area contributed by atoms with Crippen molar-refractivity contribution in [2.24, 2.45) is 0 Å². The summed E-state index contributed by atoms with van der Waals surface area (Å²) in [6.45, 7) is 6.47. The van der Waals surface area contributed by atoms with Crippen molar-refractivity contribution in [1.82, 2.24) is 5.32 Å². The van der Waals surface area contributed by atoms with Crippen LogP contribution in [-0.4, -0.2) is 32.1 Å². The number of rotatable bonds is 8. The second-order valence-corrected chi connectivity index (χ2v) is 2.84. The normalized spacial score (nSPS) is 10.2. The molecular formula is C9H19NO2. The molecule has 0 saturated heterocycles. The maximum Gasteiger partial charge on any atom is 0.143 e. The third-order valence-corrected chi connectivity index (χ3v) is 1.44. The van der Waals surface area contributed by atoms with E-state index in [0.717, 1.165) is 19.6 Å². The largest absolute Gasteiger partial charge is 0.380 e. The van der Waals surface area contributed by atoms with Gasteiger partial charge in [-0.05, 0) is 13.3 Å². The Morgan fingerprint density at radius 2 is 2.17 bits per heavy atom. The van der Waals surface area contributed by atoms with Crippen LogP contribution in [0.1, 0.15) is 26.7 Å². The molecule has 3 heteroatoms. The van der Waals surface area contributed by atoms with Crippen molar-refractivity contribution in [2.75, 3.05) is 26.3 Å². The fourth-order valence-corrected chi connectivity index (χ4v) is 0.757. The Hall–Kier alpha value is -0.410. The summed E-state index contributed by atoms with van der Waals surface area (Å²) in [4.78, 5) is 10.5. The van der Waals surface area contributed by atoms with Crippen molar-refractivity contribution in [3.8, 4) is 0 Å². The molecule has 0 radical (unpaired) electrons. The minimum atomic E-state index is 0.170. The van der Waals surface area contributed by atoms with E-state index in [2.05, 4.69) is 12.2 Å². The first-order valence-corrected chi connectivity index (χ1v) is 4.55. The van der Waals surface area contributed by atoms with Gasteiger partial charge < -0.3 is 10.1 Å². The van der Waals surface area contributed by atoms with Crippen LogP contribution in [0.2, 0.25) is 0 Å². The third kappa shape index (κ3) is 9.59. The van der Waals surface area contributed by atoms with Crippen LogP contribution in [0.5, 0.6) is 0 Å². The maximum absolute atomic E-state index is 10.5. The standard InChI is InChI=1S/C9H19NO2/c1-3-4-6-12-7-5-10-8-9(2)11/h10H,3-8H2,1-2H3. The summed E-state index contributed by atoms with van der Waals surface area (Å²) in [6.07, 6.45) is 2.29. The molecule has 1 N–H and O–H groups in total. The molecule has 0 atom stereocenters. The number of carbonyl (C=O) groups excluding carboxylic acids is 1. The van der Waals surface area contributed by atoms with Gasteiger partial charge in [0.15, 0.2) is 0 Å². The fourth-order valence-electron chi connectivity index (χ4n) is 0.757. The summed E-state index contributed by atoms with van der Waals surface area (Å²) >= 11 is 0. The van der Waals surface area contributed by atoms with Crippen LogP contribution < -0.4 is 5.32 Å². The molecule has 0 aromatic carbocycles. The van der Waals surface area contributed by atoms with Gasteiger partial charge in [0.1, 0.15) is 5.78 Å². The number of carbonyl (C=O) groups is 1. The molecule has 0 aliphatic carbocycles. The highest BCUT2D eigenvalue weighted by Crippen LogP contribution is 1.86. The minimum Gasteiger partial charge on any atom is -0.380 e. The van der Waals surface area contributed by atoms with E-state index < -0.39 is 0 Å². The lowest BCUT2D eigenvalue weighted by Crippen LogP contribution is -2.25. The highest BCUT2D eigenvalue weighted by atomic mass is 16.5. The van der Waals surface area contributed by atoms with Gasteiger partial charge in [-0.3, -0.25) is 4.79 Å². The van der Waals surface area contributed by atoms with Crippen LogP contribution in [-0.2, 0) is 9.53 Å². The molecule has 0 aliphatic rings. The molecule has 0 fully saturated rings. The molecule has 0 spiro atoms. The van der Waals surface area contributed by atoms with Crippen LogP contribution >= 0.6 is 0 Å². The minimum absolute atomic E-state index is 0.170. The third-order valence-electron chi connectivity index (χ3n) is 1.44. The van der Waals surface area contributed by atoms with E-state index in [1.165, 1.54) is 6.42 Å². The van der Waals surface area contributed by atoms with E-state index in [1.54, 1.807) is 6.92 Å². The Labute approximate surface area is 74.5 Å². The van der Waals surface area contributed by atoms with Gasteiger partial charge in [-0.2, -0.15) is 0 Å². The van der Waals surface area contributed by atoms with Gasteiger partial charge in [0.25, 0.3) is 0 Å². The Morgan fingerprint density at radius 3 is 2.75 bits per heavy atom. The Bertz CT molecular complexity index is 115. The fraction of sp³-hybridized carbons (Fsp3) is 0.889. The lowest BCUT2D eigenvalue weighted by molar-refractivity contribution is -0.116. The lowest BCUT2D eigenvalue weighted by atomic mass is 10.4. The number of hydrogen-bond acceptors (Lipinski definition) is 3. The molecule has 0 aromatic heterocycles. The first kappa shape index (κ1) is 11.6. The number of hydrogen-bond donors (Lipinski definition) is 1. The molecule has 72 valence electrons. The zero-order chi connectivity index (χ0) is 9.23. The molecule has 0 heterocycles. The molecule has 0 bridgehead atoms. The zero-order valence-electron chi connectivity index (χ0n) is 8.06. The average molecular weight is 173 g/mol. The predicted octanol–water partition coefficient (Wildman–Crippen LogP) is 0.982. The van der Waals surface area contributed by atoms with E-state index in [-0.39, 0.29) is 5.78 Å². The quantitative estimate of drug-likeness (QED) is 0.556. The van der Waals surface area contributed by atoms with Crippen molar-refractivity contribution < 1.29 is 9.53 Å². The van der Waals surface area contributed by atoms with Crippen molar-refractivity contribution in [3.63, 3.8) is 0 Å². The first-order chi connectivity index (χ1) is 5.77. The smallest absolute Gasteiger partial charge is 0.143 e. The van der Waals surface area contributed by atoms with Crippen molar-refractivity contribution in [1.29, 1.82) is 0 Å². The lowest BCUT2D eigenvalue weighted by Gasteiger charge is -2.03. The maximum atomic E-state index is 10.5. The van der Waals surface area contributed by atoms with Crippen LogP contribution in [0.25, 0.3) is 0 Å². The first-order valence-electron chi connectivity index (χ1n) is 4.55. The number of ether oxygens (including phenoxy) is 1.